The molecule has 0 amide bonds. The highest BCUT2D eigenvalue weighted by Crippen LogP contribution is 2.28. The van der Waals surface area contributed by atoms with E-state index in [4.69, 9.17) is 0 Å². The summed E-state index contributed by atoms with van der Waals surface area (Å²) in [6.07, 6.45) is -1.67. The van der Waals surface area contributed by atoms with Crippen molar-refractivity contribution in [2.75, 3.05) is 0 Å². The molecule has 2 aromatic rings. The molecule has 0 radical (unpaired) electrons. The zero-order chi connectivity index (χ0) is 11.8. The van der Waals surface area contributed by atoms with Crippen LogP contribution in [0.3, 0.4) is 0 Å². The molecule has 2 aromatic heterocycles. The number of aromatic amines is 1. The molecule has 0 aliphatic rings. The predicted octanol–water partition coefficient (Wildman–Crippen LogP) is 2.80. The lowest BCUT2D eigenvalue weighted by atomic mass is 10.2. The Labute approximate surface area is 89.4 Å². The van der Waals surface area contributed by atoms with Gasteiger partial charge in [0.25, 0.3) is 0 Å². The number of halogens is 3. The summed E-state index contributed by atoms with van der Waals surface area (Å²) in [6.45, 7) is 1.76. The van der Waals surface area contributed by atoms with E-state index in [0.29, 0.717) is 17.1 Å². The molecule has 0 saturated carbocycles. The lowest BCUT2D eigenvalue weighted by Crippen LogP contribution is -2.07. The summed E-state index contributed by atoms with van der Waals surface area (Å²) < 4.78 is 36.7. The van der Waals surface area contributed by atoms with Crippen molar-refractivity contribution in [2.24, 2.45) is 0 Å². The molecule has 1 N–H and O–H groups in total. The van der Waals surface area contributed by atoms with Crippen LogP contribution >= 0.6 is 0 Å². The minimum atomic E-state index is -4.40. The molecule has 0 spiro atoms. The van der Waals surface area contributed by atoms with Crippen LogP contribution in [0, 0.1) is 6.92 Å². The number of hydrogen-bond donors (Lipinski definition) is 1. The summed E-state index contributed by atoms with van der Waals surface area (Å²) in [5.41, 5.74) is 0.333. The number of hydrogen-bond acceptors (Lipinski definition) is 2. The van der Waals surface area contributed by atoms with Crippen LogP contribution in [0.4, 0.5) is 13.2 Å². The highest BCUT2D eigenvalue weighted by Gasteiger charge is 2.32. The molecule has 84 valence electrons. The van der Waals surface area contributed by atoms with E-state index in [2.05, 4.69) is 15.0 Å². The third-order valence-corrected chi connectivity index (χ3v) is 2.07. The summed E-state index contributed by atoms with van der Waals surface area (Å²) in [6, 6.07) is 2.31. The standard InChI is InChI=1S/C10H8F3N3/c1-6-14-5-8(16-6)7-2-3-9(15-4-7)10(11,12)13/h2-5H,1H3,(H,14,16). The van der Waals surface area contributed by atoms with Gasteiger partial charge in [-0.25, -0.2) is 4.98 Å². The lowest BCUT2D eigenvalue weighted by Gasteiger charge is -2.05. The molecule has 16 heavy (non-hydrogen) atoms. The van der Waals surface area contributed by atoms with E-state index in [1.807, 2.05) is 0 Å². The van der Waals surface area contributed by atoms with Gasteiger partial charge in [-0.15, -0.1) is 0 Å². The Bertz CT molecular complexity index is 485. The fourth-order valence-electron chi connectivity index (χ4n) is 1.29. The number of alkyl halides is 3. The first-order valence-corrected chi connectivity index (χ1v) is 4.52. The molecule has 0 saturated heterocycles. The second-order valence-corrected chi connectivity index (χ2v) is 3.31. The number of aryl methyl sites for hydroxylation is 1. The van der Waals surface area contributed by atoms with Crippen molar-refractivity contribution in [1.82, 2.24) is 15.0 Å². The highest BCUT2D eigenvalue weighted by molar-refractivity contribution is 5.57. The number of imidazole rings is 1. The predicted molar refractivity (Wildman–Crippen MR) is 51.6 cm³/mol. The maximum Gasteiger partial charge on any atom is 0.433 e. The molecule has 0 aliphatic heterocycles. The molecule has 0 unspecified atom stereocenters. The largest absolute Gasteiger partial charge is 0.433 e. The highest BCUT2D eigenvalue weighted by atomic mass is 19.4. The molecule has 0 fully saturated rings. The van der Waals surface area contributed by atoms with E-state index >= 15 is 0 Å². The van der Waals surface area contributed by atoms with Crippen LogP contribution in [0.1, 0.15) is 11.5 Å². The molecule has 6 heteroatoms. The normalized spacial score (nSPS) is 11.8. The molecule has 0 atom stereocenters. The number of H-pyrrole nitrogens is 1. The van der Waals surface area contributed by atoms with E-state index in [1.165, 1.54) is 12.3 Å². The van der Waals surface area contributed by atoms with Crippen molar-refractivity contribution in [2.45, 2.75) is 13.1 Å². The van der Waals surface area contributed by atoms with Gasteiger partial charge in [0.2, 0.25) is 0 Å². The number of rotatable bonds is 1. The van der Waals surface area contributed by atoms with Crippen LogP contribution in [0.5, 0.6) is 0 Å². The second-order valence-electron chi connectivity index (χ2n) is 3.31. The SMILES string of the molecule is Cc1ncc(-c2ccc(C(F)(F)F)nc2)[nH]1. The first kappa shape index (κ1) is 10.7. The van der Waals surface area contributed by atoms with Crippen molar-refractivity contribution < 1.29 is 13.2 Å². The van der Waals surface area contributed by atoms with Crippen LogP contribution in [-0.2, 0) is 6.18 Å². The zero-order valence-electron chi connectivity index (χ0n) is 8.34. The van der Waals surface area contributed by atoms with E-state index in [1.54, 1.807) is 13.1 Å². The van der Waals surface area contributed by atoms with Gasteiger partial charge in [0.1, 0.15) is 11.5 Å². The number of nitrogens with zero attached hydrogens (tertiary/aromatic N) is 2. The quantitative estimate of drug-likeness (QED) is 0.813. The fourth-order valence-corrected chi connectivity index (χ4v) is 1.29. The van der Waals surface area contributed by atoms with Crippen LogP contribution in [0.25, 0.3) is 11.3 Å². The Morgan fingerprint density at radius 2 is 1.88 bits per heavy atom. The van der Waals surface area contributed by atoms with Crippen LogP contribution in [0.15, 0.2) is 24.5 Å². The average molecular weight is 227 g/mol. The zero-order valence-corrected chi connectivity index (χ0v) is 8.34. The van der Waals surface area contributed by atoms with Gasteiger partial charge in [-0.2, -0.15) is 13.2 Å². The summed E-state index contributed by atoms with van der Waals surface area (Å²) >= 11 is 0. The van der Waals surface area contributed by atoms with Gasteiger partial charge in [0, 0.05) is 11.8 Å². The van der Waals surface area contributed by atoms with Gasteiger partial charge in [0.05, 0.1) is 11.9 Å². The minimum Gasteiger partial charge on any atom is -0.342 e. The molecule has 0 aliphatic carbocycles. The number of aromatic nitrogens is 3. The van der Waals surface area contributed by atoms with Gasteiger partial charge >= 0.3 is 6.18 Å². The third-order valence-electron chi connectivity index (χ3n) is 2.07. The second kappa shape index (κ2) is 3.62. The molecule has 0 bridgehead atoms. The summed E-state index contributed by atoms with van der Waals surface area (Å²) in [5.74, 6) is 0.704. The van der Waals surface area contributed by atoms with Gasteiger partial charge < -0.3 is 4.98 Å². The Morgan fingerprint density at radius 3 is 2.31 bits per heavy atom. The molecular weight excluding hydrogens is 219 g/mol. The molecular formula is C10H8F3N3. The first-order chi connectivity index (χ1) is 7.47. The summed E-state index contributed by atoms with van der Waals surface area (Å²) in [4.78, 5) is 10.2. The van der Waals surface area contributed by atoms with Gasteiger partial charge in [-0.3, -0.25) is 4.98 Å². The smallest absolute Gasteiger partial charge is 0.342 e. The fraction of sp³-hybridized carbons (Fsp3) is 0.200. The Morgan fingerprint density at radius 1 is 1.12 bits per heavy atom. The lowest BCUT2D eigenvalue weighted by molar-refractivity contribution is -0.141. The van der Waals surface area contributed by atoms with E-state index < -0.39 is 11.9 Å². The van der Waals surface area contributed by atoms with Crippen molar-refractivity contribution in [3.05, 3.63) is 36.0 Å². The summed E-state index contributed by atoms with van der Waals surface area (Å²) in [7, 11) is 0. The molecule has 2 heterocycles. The molecule has 2 rings (SSSR count). The van der Waals surface area contributed by atoms with Crippen molar-refractivity contribution in [1.29, 1.82) is 0 Å². The maximum atomic E-state index is 12.2. The Hall–Kier alpha value is -1.85. The first-order valence-electron chi connectivity index (χ1n) is 4.52. The van der Waals surface area contributed by atoms with Crippen LogP contribution < -0.4 is 0 Å². The van der Waals surface area contributed by atoms with Crippen LogP contribution in [-0.4, -0.2) is 15.0 Å². The average Bonchev–Trinajstić information content (AvgIpc) is 2.64. The van der Waals surface area contributed by atoms with Gasteiger partial charge in [-0.1, -0.05) is 0 Å². The van der Waals surface area contributed by atoms with E-state index in [9.17, 15) is 13.2 Å². The van der Waals surface area contributed by atoms with E-state index in [-0.39, 0.29) is 0 Å². The van der Waals surface area contributed by atoms with Crippen molar-refractivity contribution in [3.8, 4) is 11.3 Å². The van der Waals surface area contributed by atoms with E-state index in [0.717, 1.165) is 6.07 Å². The van der Waals surface area contributed by atoms with Crippen molar-refractivity contribution in [3.63, 3.8) is 0 Å². The Kier molecular flexibility index (Phi) is 2.41. The molecule has 3 nitrogen and oxygen atoms in total. The number of pyridine rings is 1. The van der Waals surface area contributed by atoms with Gasteiger partial charge in [0.15, 0.2) is 0 Å². The van der Waals surface area contributed by atoms with Gasteiger partial charge in [-0.05, 0) is 19.1 Å². The van der Waals surface area contributed by atoms with Crippen LogP contribution in [0.2, 0.25) is 0 Å². The topological polar surface area (TPSA) is 41.6 Å². The number of nitrogens with one attached hydrogen (secondary N) is 1. The molecule has 0 aromatic carbocycles. The third kappa shape index (κ3) is 2.05. The monoisotopic (exact) mass is 227 g/mol. The van der Waals surface area contributed by atoms with Crippen molar-refractivity contribution >= 4 is 0 Å². The minimum absolute atomic E-state index is 0.577. The maximum absolute atomic E-state index is 12.2. The summed E-state index contributed by atoms with van der Waals surface area (Å²) in [5, 5.41) is 0. The Balaban J connectivity index is 2.33.